The summed E-state index contributed by atoms with van der Waals surface area (Å²) < 4.78 is 11.2. The summed E-state index contributed by atoms with van der Waals surface area (Å²) in [4.78, 5) is 22.7. The molecule has 0 bridgehead atoms. The highest BCUT2D eigenvalue weighted by Gasteiger charge is 2.23. The Balaban J connectivity index is 2.41. The summed E-state index contributed by atoms with van der Waals surface area (Å²) in [5.74, 6) is 1.08. The summed E-state index contributed by atoms with van der Waals surface area (Å²) in [5.41, 5.74) is 0. The molecule has 1 heterocycles. The normalized spacial score (nSPS) is 26.0. The maximum atomic E-state index is 11.8. The van der Waals surface area contributed by atoms with E-state index in [9.17, 15) is 13.8 Å². The van der Waals surface area contributed by atoms with Crippen LogP contribution in [0.25, 0.3) is 0 Å². The lowest BCUT2D eigenvalue weighted by Crippen LogP contribution is -2.51. The van der Waals surface area contributed by atoms with Gasteiger partial charge >= 0.3 is 0 Å². The van der Waals surface area contributed by atoms with Gasteiger partial charge < -0.3 is 10.6 Å². The molecule has 1 unspecified atom stereocenters. The maximum Gasteiger partial charge on any atom is 0.243 e. The number of hydrogen-bond donors (Lipinski definition) is 3. The minimum atomic E-state index is -0.733. The molecule has 1 fully saturated rings. The van der Waals surface area contributed by atoms with Crippen LogP contribution in [0.1, 0.15) is 19.8 Å². The van der Waals surface area contributed by atoms with Crippen molar-refractivity contribution in [2.24, 2.45) is 0 Å². The molecule has 2 N–H and O–H groups in total. The highest BCUT2D eigenvalue weighted by Crippen LogP contribution is 2.09. The predicted octanol–water partition coefficient (Wildman–Crippen LogP) is -0.552. The van der Waals surface area contributed by atoms with Gasteiger partial charge in [0.05, 0.1) is 0 Å². The lowest BCUT2D eigenvalue weighted by atomic mass is 10.1. The Kier molecular flexibility index (Phi) is 5.97. The SMILES string of the molecule is CC(=O)NC(CS)C(=O)NC1CCS(=O)CC1. The monoisotopic (exact) mass is 278 g/mol. The van der Waals surface area contributed by atoms with E-state index in [0.717, 1.165) is 12.8 Å². The van der Waals surface area contributed by atoms with E-state index in [1.165, 1.54) is 6.92 Å². The van der Waals surface area contributed by atoms with Crippen LogP contribution in [-0.4, -0.2) is 45.4 Å². The van der Waals surface area contributed by atoms with Crippen LogP contribution < -0.4 is 10.6 Å². The van der Waals surface area contributed by atoms with Gasteiger partial charge in [0.25, 0.3) is 0 Å². The molecular formula is C10H18N2O3S2. The lowest BCUT2D eigenvalue weighted by Gasteiger charge is -2.25. The number of carbonyl (C=O) groups is 2. The number of carbonyl (C=O) groups excluding carboxylic acids is 2. The number of nitrogens with one attached hydrogen (secondary N) is 2. The van der Waals surface area contributed by atoms with E-state index >= 15 is 0 Å². The third-order valence-corrected chi connectivity index (χ3v) is 4.36. The van der Waals surface area contributed by atoms with E-state index in [1.807, 2.05) is 0 Å². The second-order valence-electron chi connectivity index (χ2n) is 4.07. The standard InChI is InChI=1S/C10H18N2O3S2/c1-7(13)11-9(6-16)10(14)12-8-2-4-17(15)5-3-8/h8-9,16H,2-6H2,1H3,(H,11,13)(H,12,14). The van der Waals surface area contributed by atoms with Gasteiger partial charge in [-0.1, -0.05) is 0 Å². The fourth-order valence-electron chi connectivity index (χ4n) is 1.68. The summed E-state index contributed by atoms with van der Waals surface area (Å²) in [6.07, 6.45) is 1.47. The van der Waals surface area contributed by atoms with Crippen molar-refractivity contribution in [2.45, 2.75) is 31.8 Å². The van der Waals surface area contributed by atoms with E-state index in [0.29, 0.717) is 11.5 Å². The molecule has 0 radical (unpaired) electrons. The van der Waals surface area contributed by atoms with Crippen molar-refractivity contribution in [2.75, 3.05) is 17.3 Å². The summed E-state index contributed by atoms with van der Waals surface area (Å²) in [6, 6.07) is -0.528. The summed E-state index contributed by atoms with van der Waals surface area (Å²) in [6.45, 7) is 1.37. The fraction of sp³-hybridized carbons (Fsp3) is 0.800. The molecule has 0 aromatic heterocycles. The average Bonchev–Trinajstić information content (AvgIpc) is 2.28. The van der Waals surface area contributed by atoms with Crippen LogP contribution in [0.5, 0.6) is 0 Å². The Morgan fingerprint density at radius 2 is 2.00 bits per heavy atom. The Bertz CT molecular complexity index is 313. The molecule has 1 aliphatic rings. The van der Waals surface area contributed by atoms with Crippen molar-refractivity contribution in [3.8, 4) is 0 Å². The van der Waals surface area contributed by atoms with E-state index in [2.05, 4.69) is 23.3 Å². The zero-order valence-electron chi connectivity index (χ0n) is 9.77. The zero-order chi connectivity index (χ0) is 12.8. The first-order valence-electron chi connectivity index (χ1n) is 5.56. The predicted molar refractivity (Wildman–Crippen MR) is 70.5 cm³/mol. The van der Waals surface area contributed by atoms with E-state index in [1.54, 1.807) is 0 Å². The molecular weight excluding hydrogens is 260 g/mol. The Morgan fingerprint density at radius 3 is 2.47 bits per heavy atom. The molecule has 0 saturated carbocycles. The van der Waals surface area contributed by atoms with Crippen molar-refractivity contribution in [3.63, 3.8) is 0 Å². The molecule has 1 rings (SSSR count). The van der Waals surface area contributed by atoms with Gasteiger partial charge in [0.15, 0.2) is 0 Å². The second-order valence-corrected chi connectivity index (χ2v) is 6.13. The number of thiol groups is 1. The molecule has 2 amide bonds. The smallest absolute Gasteiger partial charge is 0.243 e. The number of amides is 2. The molecule has 1 aliphatic heterocycles. The van der Waals surface area contributed by atoms with Gasteiger partial charge in [-0.2, -0.15) is 12.6 Å². The van der Waals surface area contributed by atoms with E-state index < -0.39 is 16.8 Å². The van der Waals surface area contributed by atoms with Gasteiger partial charge in [-0.15, -0.1) is 0 Å². The second kappa shape index (κ2) is 7.00. The van der Waals surface area contributed by atoms with Gasteiger partial charge in [0, 0.05) is 41.0 Å². The first-order valence-corrected chi connectivity index (χ1v) is 7.68. The Labute approximate surface area is 109 Å². The van der Waals surface area contributed by atoms with Crippen LogP contribution in [0.4, 0.5) is 0 Å². The third kappa shape index (κ3) is 5.08. The molecule has 1 atom stereocenters. The van der Waals surface area contributed by atoms with Crippen molar-refractivity contribution in [1.29, 1.82) is 0 Å². The van der Waals surface area contributed by atoms with E-state index in [4.69, 9.17) is 0 Å². The molecule has 17 heavy (non-hydrogen) atoms. The van der Waals surface area contributed by atoms with Crippen molar-refractivity contribution < 1.29 is 13.8 Å². The van der Waals surface area contributed by atoms with Gasteiger partial charge in [0.1, 0.15) is 6.04 Å². The molecule has 0 aliphatic carbocycles. The van der Waals surface area contributed by atoms with Crippen molar-refractivity contribution in [1.82, 2.24) is 10.6 Å². The van der Waals surface area contributed by atoms with Crippen LogP contribution in [0, 0.1) is 0 Å². The minimum absolute atomic E-state index is 0.0661. The van der Waals surface area contributed by atoms with Crippen LogP contribution in [0.2, 0.25) is 0 Å². The third-order valence-electron chi connectivity index (χ3n) is 2.61. The topological polar surface area (TPSA) is 75.3 Å². The van der Waals surface area contributed by atoms with Crippen LogP contribution in [0.3, 0.4) is 0 Å². The first kappa shape index (κ1) is 14.5. The quantitative estimate of drug-likeness (QED) is 0.604. The van der Waals surface area contributed by atoms with Gasteiger partial charge in [-0.25, -0.2) is 0 Å². The molecule has 0 spiro atoms. The molecule has 5 nitrogen and oxygen atoms in total. The molecule has 0 aromatic carbocycles. The Hall–Kier alpha value is -0.560. The highest BCUT2D eigenvalue weighted by molar-refractivity contribution is 7.85. The molecule has 0 aromatic rings. The van der Waals surface area contributed by atoms with Gasteiger partial charge in [-0.05, 0) is 12.8 Å². The minimum Gasteiger partial charge on any atom is -0.351 e. The summed E-state index contributed by atoms with van der Waals surface area (Å²) in [7, 11) is -0.733. The zero-order valence-corrected chi connectivity index (χ0v) is 11.5. The van der Waals surface area contributed by atoms with Crippen LogP contribution in [-0.2, 0) is 20.4 Å². The van der Waals surface area contributed by atoms with Gasteiger partial charge in [0.2, 0.25) is 11.8 Å². The largest absolute Gasteiger partial charge is 0.351 e. The maximum absolute atomic E-state index is 11.8. The lowest BCUT2D eigenvalue weighted by molar-refractivity contribution is -0.128. The van der Waals surface area contributed by atoms with Gasteiger partial charge in [-0.3, -0.25) is 13.8 Å². The molecule has 98 valence electrons. The van der Waals surface area contributed by atoms with E-state index in [-0.39, 0.29) is 23.6 Å². The molecule has 7 heteroatoms. The molecule has 1 saturated heterocycles. The fourth-order valence-corrected chi connectivity index (χ4v) is 3.24. The first-order chi connectivity index (χ1) is 8.02. The van der Waals surface area contributed by atoms with Crippen LogP contribution in [0.15, 0.2) is 0 Å². The summed E-state index contributed by atoms with van der Waals surface area (Å²) >= 11 is 4.04. The highest BCUT2D eigenvalue weighted by atomic mass is 32.2. The average molecular weight is 278 g/mol. The van der Waals surface area contributed by atoms with Crippen LogP contribution >= 0.6 is 12.6 Å². The summed E-state index contributed by atoms with van der Waals surface area (Å²) in [5, 5.41) is 5.40. The van der Waals surface area contributed by atoms with Crippen molar-refractivity contribution in [3.05, 3.63) is 0 Å². The number of hydrogen-bond acceptors (Lipinski definition) is 4. The Morgan fingerprint density at radius 1 is 1.41 bits per heavy atom. The van der Waals surface area contributed by atoms with Crippen molar-refractivity contribution >= 4 is 35.2 Å². The number of rotatable bonds is 4.